The van der Waals surface area contributed by atoms with Crippen LogP contribution in [-0.4, -0.2) is 21.6 Å². The van der Waals surface area contributed by atoms with Crippen molar-refractivity contribution in [1.29, 1.82) is 0 Å². The Morgan fingerprint density at radius 1 is 0.548 bits per heavy atom. The summed E-state index contributed by atoms with van der Waals surface area (Å²) in [7, 11) is -2.78. The summed E-state index contributed by atoms with van der Waals surface area (Å²) in [6.45, 7) is 0. The van der Waals surface area contributed by atoms with Gasteiger partial charge in [-0.2, -0.15) is 13.2 Å². The van der Waals surface area contributed by atoms with Gasteiger partial charge in [-0.15, -0.1) is 0 Å². The Hall–Kier alpha value is -5.66. The minimum Gasteiger partial charge on any atom is -0.506 e. The first-order chi connectivity index (χ1) is 29.2. The molecule has 62 heavy (non-hydrogen) atoms. The number of aromatic nitrogens is 1. The molecule has 8 rings (SSSR count). The molecule has 1 heterocycles. The second-order valence-corrected chi connectivity index (χ2v) is 16.2. The number of nitrogens with zero attached hydrogens (tertiary/aromatic N) is 2. The zero-order valence-corrected chi connectivity index (χ0v) is 35.1. The predicted molar refractivity (Wildman–Crippen MR) is 222 cm³/mol. The van der Waals surface area contributed by atoms with E-state index in [1.165, 1.54) is 24.3 Å². The van der Waals surface area contributed by atoms with E-state index in [-0.39, 0.29) is 83.0 Å². The van der Waals surface area contributed by atoms with Gasteiger partial charge in [-0.25, -0.2) is 17.6 Å². The maximum atomic E-state index is 14.2. The summed E-state index contributed by atoms with van der Waals surface area (Å²) >= 11 is 0. The number of hydrogen-bond donors (Lipinski definition) is 1. The van der Waals surface area contributed by atoms with Crippen LogP contribution >= 0.6 is 7.14 Å². The molecule has 7 aromatic carbocycles. The molecule has 0 amide bonds. The van der Waals surface area contributed by atoms with Crippen LogP contribution in [0.25, 0.3) is 16.6 Å². The first-order valence-electron chi connectivity index (χ1n) is 18.2. The zero-order chi connectivity index (χ0) is 43.5. The minimum atomic E-state index is -5.49. The number of alkyl halides is 3. The Morgan fingerprint density at radius 2 is 0.935 bits per heavy atom. The van der Waals surface area contributed by atoms with E-state index in [2.05, 4.69) is 0 Å². The molecular formula is C47H30EuF7N2O4P. The van der Waals surface area contributed by atoms with Crippen LogP contribution in [0.4, 0.5) is 47.8 Å². The molecule has 1 N–H and O–H groups in total. The molecule has 8 aromatic rings. The number of hydrogen-bond acceptors (Lipinski definition) is 5. The standard InChI is InChI=1S/C29H15F7N2O3.C18H15OP.Eu/c30-15-8-16(31)11-21(10-15)37(22-12-17(32)9-18(33)13-22)20-6-7-23-24(14-20)38(19-4-2-1-3-5-19)28(41)25(26(23)39)27(40)29(34,35)36;19-20(16-10-4-1-5-11-16,17-12-6-2-7-13-17)18-14-8-3-9-15-18;/h1-14,39H;1-15H;. The SMILES string of the molecule is O=C(c1c(O)c2ccc(N(c3cc(F)cc(F)c3)c3cc(F)cc(F)c3)cc2n(-c2ccccc2)c1=O)C(F)(F)F.O=P(c1ccccc1)(c1ccccc1)c1ccccc1.[Eu]. The molecule has 1 radical (unpaired) electrons. The molecule has 6 nitrogen and oxygen atoms in total. The van der Waals surface area contributed by atoms with Crippen molar-refractivity contribution in [3.63, 3.8) is 0 Å². The average Bonchev–Trinajstić information content (AvgIpc) is 3.24. The van der Waals surface area contributed by atoms with Gasteiger partial charge < -0.3 is 14.6 Å². The van der Waals surface area contributed by atoms with Gasteiger partial charge in [0.15, 0.2) is 7.14 Å². The first kappa shape index (κ1) is 45.9. The Kier molecular flexibility index (Phi) is 14.2. The van der Waals surface area contributed by atoms with E-state index < -0.39 is 59.2 Å². The number of fused-ring (bicyclic) bond motifs is 1. The topological polar surface area (TPSA) is 79.6 Å². The Labute approximate surface area is 390 Å². The maximum Gasteiger partial charge on any atom is 0.455 e. The van der Waals surface area contributed by atoms with Gasteiger partial charge in [-0.05, 0) is 54.6 Å². The molecule has 0 saturated carbocycles. The van der Waals surface area contributed by atoms with E-state index in [0.29, 0.717) is 12.1 Å². The monoisotopic (exact) mass is 1000 g/mol. The number of benzene rings is 7. The molecule has 1 aromatic heterocycles. The van der Waals surface area contributed by atoms with Crippen molar-refractivity contribution < 1.29 is 94.6 Å². The quantitative estimate of drug-likeness (QED) is 0.0932. The summed E-state index contributed by atoms with van der Waals surface area (Å²) in [5.74, 6) is -7.93. The number of aromatic hydroxyl groups is 1. The van der Waals surface area contributed by atoms with Crippen LogP contribution in [0.15, 0.2) is 181 Å². The van der Waals surface area contributed by atoms with E-state index >= 15 is 0 Å². The number of rotatable bonds is 8. The minimum absolute atomic E-state index is 0. The third kappa shape index (κ3) is 9.54. The summed E-state index contributed by atoms with van der Waals surface area (Å²) in [6, 6.07) is 44.3. The van der Waals surface area contributed by atoms with Gasteiger partial charge in [-0.3, -0.25) is 14.2 Å². The van der Waals surface area contributed by atoms with E-state index in [4.69, 9.17) is 0 Å². The van der Waals surface area contributed by atoms with Crippen molar-refractivity contribution >= 4 is 56.8 Å². The normalized spacial score (nSPS) is 11.3. The predicted octanol–water partition coefficient (Wildman–Crippen LogP) is 10.8. The fraction of sp³-hybridized carbons (Fsp3) is 0.0213. The van der Waals surface area contributed by atoms with Gasteiger partial charge in [0.05, 0.1) is 16.9 Å². The molecule has 313 valence electrons. The van der Waals surface area contributed by atoms with Crippen LogP contribution in [0, 0.1) is 72.6 Å². The summed E-state index contributed by atoms with van der Waals surface area (Å²) < 4.78 is 112. The molecule has 0 atom stereocenters. The van der Waals surface area contributed by atoms with Crippen molar-refractivity contribution in [1.82, 2.24) is 4.57 Å². The molecule has 0 fully saturated rings. The number of pyridine rings is 1. The largest absolute Gasteiger partial charge is 0.506 e. The molecule has 0 spiro atoms. The van der Waals surface area contributed by atoms with Gasteiger partial charge in [-0.1, -0.05) is 109 Å². The number of ketones is 1. The third-order valence-electron chi connectivity index (χ3n) is 9.46. The molecule has 0 bridgehead atoms. The van der Waals surface area contributed by atoms with Crippen molar-refractivity contribution in [2.24, 2.45) is 0 Å². The van der Waals surface area contributed by atoms with Crippen LogP contribution < -0.4 is 26.4 Å². The van der Waals surface area contributed by atoms with E-state index in [1.54, 1.807) is 6.07 Å². The summed E-state index contributed by atoms with van der Waals surface area (Å²) in [5, 5.41) is 13.0. The fourth-order valence-corrected chi connectivity index (χ4v) is 9.50. The summed E-state index contributed by atoms with van der Waals surface area (Å²) in [5.41, 5.74) is -3.78. The number of carbonyl (C=O) groups is 1. The van der Waals surface area contributed by atoms with Gasteiger partial charge in [0.2, 0.25) is 0 Å². The Morgan fingerprint density at radius 3 is 1.32 bits per heavy atom. The molecule has 0 saturated heterocycles. The molecule has 0 unspecified atom stereocenters. The van der Waals surface area contributed by atoms with Crippen LogP contribution in [0.5, 0.6) is 5.75 Å². The Balaban J connectivity index is 0.000000255. The van der Waals surface area contributed by atoms with Crippen LogP contribution in [0.1, 0.15) is 10.4 Å². The number of Topliss-reactive ketones (excluding diaryl/α,β-unsaturated/α-hetero) is 1. The molecule has 15 heteroatoms. The average molecular weight is 1000 g/mol. The second kappa shape index (κ2) is 19.2. The molecular weight excluding hydrogens is 972 g/mol. The van der Waals surface area contributed by atoms with Crippen molar-refractivity contribution in [3.8, 4) is 11.4 Å². The number of halogens is 7. The molecule has 0 aliphatic carbocycles. The van der Waals surface area contributed by atoms with Gasteiger partial charge >= 0.3 is 6.18 Å². The number of carbonyl (C=O) groups excluding carboxylic acids is 1. The van der Waals surface area contributed by atoms with Crippen LogP contribution in [-0.2, 0) is 4.57 Å². The Bertz CT molecular complexity index is 2800. The van der Waals surface area contributed by atoms with Gasteiger partial charge in [0.1, 0.15) is 34.6 Å². The summed E-state index contributed by atoms with van der Waals surface area (Å²) in [6.07, 6.45) is -5.49. The van der Waals surface area contributed by atoms with Gasteiger partial charge in [0, 0.05) is 94.2 Å². The van der Waals surface area contributed by atoms with E-state index in [0.717, 1.165) is 67.8 Å². The van der Waals surface area contributed by atoms with Crippen LogP contribution in [0.2, 0.25) is 0 Å². The fourth-order valence-electron chi connectivity index (χ4n) is 6.83. The molecule has 0 aliphatic heterocycles. The van der Waals surface area contributed by atoms with E-state index in [9.17, 15) is 50.0 Å². The van der Waals surface area contributed by atoms with E-state index in [1.807, 2.05) is 91.0 Å². The number of para-hydroxylation sites is 1. The van der Waals surface area contributed by atoms with Crippen molar-refractivity contribution in [2.75, 3.05) is 4.90 Å². The third-order valence-corrected chi connectivity index (χ3v) is 12.5. The smallest absolute Gasteiger partial charge is 0.455 e. The second-order valence-electron chi connectivity index (χ2n) is 13.4. The van der Waals surface area contributed by atoms with Crippen LogP contribution in [0.3, 0.4) is 0 Å². The molecule has 0 aliphatic rings. The summed E-state index contributed by atoms with van der Waals surface area (Å²) in [4.78, 5) is 26.6. The van der Waals surface area contributed by atoms with Crippen molar-refractivity contribution in [3.05, 3.63) is 215 Å². The zero-order valence-electron chi connectivity index (χ0n) is 31.8. The maximum absolute atomic E-state index is 14.2. The van der Waals surface area contributed by atoms with Crippen molar-refractivity contribution in [2.45, 2.75) is 6.18 Å². The first-order valence-corrected chi connectivity index (χ1v) is 20.0. The number of anilines is 3. The van der Waals surface area contributed by atoms with Gasteiger partial charge in [0.25, 0.3) is 11.3 Å².